The Kier molecular flexibility index (Phi) is 4.60. The number of benzene rings is 1. The maximum Gasteiger partial charge on any atom is 0.271 e. The molecule has 1 fully saturated rings. The van der Waals surface area contributed by atoms with Crippen molar-refractivity contribution in [3.63, 3.8) is 0 Å². The molecule has 2 rings (SSSR count). The SMILES string of the molecule is CCN(c1cc(C)cc([N+](=O)[O-])c1)C1CCCC1CN. The smallest absolute Gasteiger partial charge is 0.271 e. The van der Waals surface area contributed by atoms with Gasteiger partial charge in [-0.3, -0.25) is 10.1 Å². The first kappa shape index (κ1) is 14.8. The molecule has 0 saturated heterocycles. The number of nitro benzene ring substituents is 1. The van der Waals surface area contributed by atoms with E-state index in [9.17, 15) is 10.1 Å². The monoisotopic (exact) mass is 277 g/mol. The lowest BCUT2D eigenvalue weighted by molar-refractivity contribution is -0.384. The van der Waals surface area contributed by atoms with Crippen molar-refractivity contribution in [1.82, 2.24) is 0 Å². The van der Waals surface area contributed by atoms with Crippen molar-refractivity contribution < 1.29 is 4.92 Å². The summed E-state index contributed by atoms with van der Waals surface area (Å²) < 4.78 is 0. The third kappa shape index (κ3) is 2.93. The zero-order chi connectivity index (χ0) is 14.7. The fraction of sp³-hybridized carbons (Fsp3) is 0.600. The Morgan fingerprint density at radius 2 is 2.15 bits per heavy atom. The van der Waals surface area contributed by atoms with E-state index >= 15 is 0 Å². The quantitative estimate of drug-likeness (QED) is 0.663. The Morgan fingerprint density at radius 1 is 1.40 bits per heavy atom. The first-order valence-corrected chi connectivity index (χ1v) is 7.29. The van der Waals surface area contributed by atoms with Crippen molar-refractivity contribution in [2.24, 2.45) is 11.7 Å². The lowest BCUT2D eigenvalue weighted by Crippen LogP contribution is -2.40. The molecular formula is C15H23N3O2. The van der Waals surface area contributed by atoms with Gasteiger partial charge < -0.3 is 10.6 Å². The summed E-state index contributed by atoms with van der Waals surface area (Å²) in [5.74, 6) is 0.495. The predicted molar refractivity (Wildman–Crippen MR) is 81.0 cm³/mol. The fourth-order valence-electron chi connectivity index (χ4n) is 3.33. The highest BCUT2D eigenvalue weighted by Gasteiger charge is 2.31. The minimum Gasteiger partial charge on any atom is -0.368 e. The summed E-state index contributed by atoms with van der Waals surface area (Å²) in [6.07, 6.45) is 3.47. The summed E-state index contributed by atoms with van der Waals surface area (Å²) in [4.78, 5) is 13.0. The second-order valence-electron chi connectivity index (χ2n) is 5.56. The molecule has 1 saturated carbocycles. The molecule has 0 aromatic heterocycles. The van der Waals surface area contributed by atoms with Crippen LogP contribution in [0.1, 0.15) is 31.7 Å². The fourth-order valence-corrected chi connectivity index (χ4v) is 3.33. The summed E-state index contributed by atoms with van der Waals surface area (Å²) in [5.41, 5.74) is 7.91. The van der Waals surface area contributed by atoms with Crippen LogP contribution in [0.3, 0.4) is 0 Å². The van der Waals surface area contributed by atoms with Crippen LogP contribution >= 0.6 is 0 Å². The van der Waals surface area contributed by atoms with Gasteiger partial charge in [0, 0.05) is 30.4 Å². The number of nitro groups is 1. The third-order valence-electron chi connectivity index (χ3n) is 4.25. The predicted octanol–water partition coefficient (Wildman–Crippen LogP) is 2.86. The highest BCUT2D eigenvalue weighted by atomic mass is 16.6. The van der Waals surface area contributed by atoms with E-state index < -0.39 is 0 Å². The highest BCUT2D eigenvalue weighted by Crippen LogP contribution is 2.34. The van der Waals surface area contributed by atoms with Gasteiger partial charge >= 0.3 is 0 Å². The molecule has 0 heterocycles. The molecule has 110 valence electrons. The molecule has 2 unspecified atom stereocenters. The molecule has 20 heavy (non-hydrogen) atoms. The van der Waals surface area contributed by atoms with E-state index in [0.29, 0.717) is 18.5 Å². The first-order valence-electron chi connectivity index (χ1n) is 7.29. The molecule has 5 heteroatoms. The van der Waals surface area contributed by atoms with Gasteiger partial charge in [-0.1, -0.05) is 6.42 Å². The number of rotatable bonds is 5. The van der Waals surface area contributed by atoms with Crippen molar-refractivity contribution in [3.8, 4) is 0 Å². The largest absolute Gasteiger partial charge is 0.368 e. The molecule has 1 aliphatic carbocycles. The molecule has 0 radical (unpaired) electrons. The second-order valence-corrected chi connectivity index (χ2v) is 5.56. The van der Waals surface area contributed by atoms with Gasteiger partial charge in [-0.05, 0) is 50.8 Å². The summed E-state index contributed by atoms with van der Waals surface area (Å²) >= 11 is 0. The standard InChI is InChI=1S/C15H23N3O2/c1-3-17(15-6-4-5-12(15)10-16)13-7-11(2)8-14(9-13)18(19)20/h7-9,12,15H,3-6,10,16H2,1-2H3. The first-order chi connectivity index (χ1) is 9.56. The van der Waals surface area contributed by atoms with Gasteiger partial charge in [-0.15, -0.1) is 0 Å². The molecular weight excluding hydrogens is 254 g/mol. The topological polar surface area (TPSA) is 72.4 Å². The van der Waals surface area contributed by atoms with Gasteiger partial charge in [0.15, 0.2) is 0 Å². The molecule has 2 N–H and O–H groups in total. The second kappa shape index (κ2) is 6.22. The number of hydrogen-bond acceptors (Lipinski definition) is 4. The number of aryl methyl sites for hydroxylation is 1. The van der Waals surface area contributed by atoms with Gasteiger partial charge in [0.05, 0.1) is 4.92 Å². The Bertz CT molecular complexity index is 490. The van der Waals surface area contributed by atoms with Crippen molar-refractivity contribution in [3.05, 3.63) is 33.9 Å². The van der Waals surface area contributed by atoms with Crippen LogP contribution < -0.4 is 10.6 Å². The average molecular weight is 277 g/mol. The molecule has 1 aliphatic rings. The van der Waals surface area contributed by atoms with Crippen LogP contribution in [0.2, 0.25) is 0 Å². The van der Waals surface area contributed by atoms with Gasteiger partial charge in [0.2, 0.25) is 0 Å². The number of nitrogens with two attached hydrogens (primary N) is 1. The van der Waals surface area contributed by atoms with Crippen LogP contribution in [-0.2, 0) is 0 Å². The van der Waals surface area contributed by atoms with Gasteiger partial charge in [0.1, 0.15) is 0 Å². The van der Waals surface area contributed by atoms with Gasteiger partial charge in [-0.25, -0.2) is 0 Å². The van der Waals surface area contributed by atoms with E-state index in [1.165, 1.54) is 6.42 Å². The number of nitrogens with zero attached hydrogens (tertiary/aromatic N) is 2. The zero-order valence-electron chi connectivity index (χ0n) is 12.2. The van der Waals surface area contributed by atoms with Crippen molar-refractivity contribution in [2.45, 2.75) is 39.2 Å². The van der Waals surface area contributed by atoms with Crippen LogP contribution in [0.4, 0.5) is 11.4 Å². The Morgan fingerprint density at radius 3 is 2.75 bits per heavy atom. The molecule has 5 nitrogen and oxygen atoms in total. The Balaban J connectivity index is 2.34. The van der Waals surface area contributed by atoms with E-state index in [4.69, 9.17) is 5.73 Å². The Hall–Kier alpha value is -1.62. The molecule has 1 aromatic carbocycles. The third-order valence-corrected chi connectivity index (χ3v) is 4.25. The van der Waals surface area contributed by atoms with Crippen LogP contribution in [0.5, 0.6) is 0 Å². The maximum atomic E-state index is 11.0. The van der Waals surface area contributed by atoms with E-state index in [1.807, 2.05) is 13.0 Å². The molecule has 1 aromatic rings. The van der Waals surface area contributed by atoms with Gasteiger partial charge in [-0.2, -0.15) is 0 Å². The van der Waals surface area contributed by atoms with Crippen LogP contribution in [0, 0.1) is 23.0 Å². The van der Waals surface area contributed by atoms with E-state index in [2.05, 4.69) is 11.8 Å². The number of non-ortho nitro benzene ring substituents is 1. The summed E-state index contributed by atoms with van der Waals surface area (Å²) in [6.45, 7) is 5.54. The molecule has 0 aliphatic heterocycles. The lowest BCUT2D eigenvalue weighted by atomic mass is 10.0. The van der Waals surface area contributed by atoms with Crippen molar-refractivity contribution >= 4 is 11.4 Å². The van der Waals surface area contributed by atoms with Crippen LogP contribution in [-0.4, -0.2) is 24.1 Å². The van der Waals surface area contributed by atoms with Crippen LogP contribution in [0.15, 0.2) is 18.2 Å². The molecule has 2 atom stereocenters. The minimum atomic E-state index is -0.320. The molecule has 0 spiro atoms. The van der Waals surface area contributed by atoms with E-state index in [0.717, 1.165) is 30.6 Å². The Labute approximate surface area is 119 Å². The number of anilines is 1. The lowest BCUT2D eigenvalue weighted by Gasteiger charge is -2.34. The highest BCUT2D eigenvalue weighted by molar-refractivity contribution is 5.56. The average Bonchev–Trinajstić information content (AvgIpc) is 2.87. The zero-order valence-corrected chi connectivity index (χ0v) is 12.2. The van der Waals surface area contributed by atoms with Gasteiger partial charge in [0.25, 0.3) is 5.69 Å². The van der Waals surface area contributed by atoms with Crippen molar-refractivity contribution in [2.75, 3.05) is 18.0 Å². The maximum absolute atomic E-state index is 11.0. The van der Waals surface area contributed by atoms with Crippen LogP contribution in [0.25, 0.3) is 0 Å². The normalized spacial score (nSPS) is 21.9. The van der Waals surface area contributed by atoms with Crippen molar-refractivity contribution in [1.29, 1.82) is 0 Å². The molecule has 0 amide bonds. The van der Waals surface area contributed by atoms with E-state index in [-0.39, 0.29) is 10.6 Å². The van der Waals surface area contributed by atoms with E-state index in [1.54, 1.807) is 12.1 Å². The summed E-state index contributed by atoms with van der Waals surface area (Å²) in [7, 11) is 0. The molecule has 0 bridgehead atoms. The summed E-state index contributed by atoms with van der Waals surface area (Å²) in [6, 6.07) is 5.74. The minimum absolute atomic E-state index is 0.167. The summed E-state index contributed by atoms with van der Waals surface area (Å²) in [5, 5.41) is 11.0. The number of hydrogen-bond donors (Lipinski definition) is 1.